The van der Waals surface area contributed by atoms with Gasteiger partial charge in [0.2, 0.25) is 0 Å². The molecule has 0 aliphatic carbocycles. The number of tetrazole rings is 1. The van der Waals surface area contributed by atoms with Crippen molar-refractivity contribution in [2.24, 2.45) is 0 Å². The molecule has 0 saturated heterocycles. The molecular weight excluding hydrogens is 269 g/mol. The van der Waals surface area contributed by atoms with Crippen LogP contribution in [0.15, 0.2) is 36.4 Å². The minimum Gasteiger partial charge on any atom is -0.398 e. The monoisotopic (exact) mass is 283 g/mol. The van der Waals surface area contributed by atoms with E-state index in [4.69, 9.17) is 5.73 Å². The van der Waals surface area contributed by atoms with Gasteiger partial charge in [-0.05, 0) is 59.7 Å². The molecule has 1 aromatic heterocycles. The van der Waals surface area contributed by atoms with Crippen LogP contribution >= 0.6 is 0 Å². The fourth-order valence-electron chi connectivity index (χ4n) is 2.36. The van der Waals surface area contributed by atoms with Crippen molar-refractivity contribution in [1.29, 1.82) is 0 Å². The third-order valence-electron chi connectivity index (χ3n) is 3.39. The predicted molar refractivity (Wildman–Crippen MR) is 78.4 cm³/mol. The molecule has 0 bridgehead atoms. The Kier molecular flexibility index (Phi) is 3.13. The highest BCUT2D eigenvalue weighted by atomic mass is 19.1. The Morgan fingerprint density at radius 3 is 2.62 bits per heavy atom. The Bertz CT molecular complexity index is 789. The highest BCUT2D eigenvalue weighted by Crippen LogP contribution is 2.29. The average Bonchev–Trinajstić information content (AvgIpc) is 2.87. The summed E-state index contributed by atoms with van der Waals surface area (Å²) < 4.78 is 14.8. The Labute approximate surface area is 121 Å². The smallest absolute Gasteiger partial charge is 0.189 e. The van der Waals surface area contributed by atoms with E-state index < -0.39 is 0 Å². The van der Waals surface area contributed by atoms with Crippen molar-refractivity contribution in [3.63, 3.8) is 0 Å². The van der Waals surface area contributed by atoms with Crippen molar-refractivity contribution in [3.05, 3.63) is 53.3 Å². The number of nitrogens with zero attached hydrogens (tertiary/aromatic N) is 4. The highest BCUT2D eigenvalue weighted by Gasteiger charge is 2.16. The standard InChI is InChI=1S/C15H14FN5/c1-9-4-3-5-12(17)14(9)15-18-19-20-21(15)13-7-6-11(16)8-10(13)2/h3-8H,17H2,1-2H3. The van der Waals surface area contributed by atoms with E-state index in [9.17, 15) is 4.39 Å². The first-order chi connectivity index (χ1) is 10.1. The largest absolute Gasteiger partial charge is 0.398 e. The molecule has 6 heteroatoms. The second kappa shape index (κ2) is 4.97. The predicted octanol–water partition coefficient (Wildman–Crippen LogP) is 2.67. The number of anilines is 1. The van der Waals surface area contributed by atoms with Gasteiger partial charge >= 0.3 is 0 Å². The summed E-state index contributed by atoms with van der Waals surface area (Å²) in [5.41, 5.74) is 9.88. The lowest BCUT2D eigenvalue weighted by Gasteiger charge is -2.11. The fourth-order valence-corrected chi connectivity index (χ4v) is 2.36. The molecular formula is C15H14FN5. The lowest BCUT2D eigenvalue weighted by molar-refractivity contribution is 0.625. The Morgan fingerprint density at radius 1 is 1.10 bits per heavy atom. The van der Waals surface area contributed by atoms with E-state index in [2.05, 4.69) is 15.5 Å². The van der Waals surface area contributed by atoms with Gasteiger partial charge in [-0.15, -0.1) is 5.10 Å². The van der Waals surface area contributed by atoms with E-state index in [0.29, 0.717) is 11.5 Å². The van der Waals surface area contributed by atoms with Gasteiger partial charge in [-0.1, -0.05) is 12.1 Å². The number of aromatic nitrogens is 4. The summed E-state index contributed by atoms with van der Waals surface area (Å²) in [7, 11) is 0. The zero-order valence-electron chi connectivity index (χ0n) is 11.7. The van der Waals surface area contributed by atoms with Gasteiger partial charge < -0.3 is 5.73 Å². The summed E-state index contributed by atoms with van der Waals surface area (Å²) in [4.78, 5) is 0. The molecule has 0 amide bonds. The summed E-state index contributed by atoms with van der Waals surface area (Å²) >= 11 is 0. The van der Waals surface area contributed by atoms with Gasteiger partial charge in [0.05, 0.1) is 5.69 Å². The summed E-state index contributed by atoms with van der Waals surface area (Å²) in [5.74, 6) is 0.251. The van der Waals surface area contributed by atoms with Crippen molar-refractivity contribution >= 4 is 5.69 Å². The van der Waals surface area contributed by atoms with E-state index in [1.165, 1.54) is 12.1 Å². The third-order valence-corrected chi connectivity index (χ3v) is 3.39. The number of nitrogens with two attached hydrogens (primary N) is 1. The maximum absolute atomic E-state index is 13.3. The SMILES string of the molecule is Cc1cc(F)ccc1-n1nnnc1-c1c(C)cccc1N. The number of benzene rings is 2. The lowest BCUT2D eigenvalue weighted by Crippen LogP contribution is -2.05. The second-order valence-corrected chi connectivity index (χ2v) is 4.88. The van der Waals surface area contributed by atoms with Crippen molar-refractivity contribution in [3.8, 4) is 17.1 Å². The van der Waals surface area contributed by atoms with Crippen LogP contribution in [-0.2, 0) is 0 Å². The van der Waals surface area contributed by atoms with Crippen LogP contribution in [0.5, 0.6) is 0 Å². The molecule has 3 aromatic rings. The van der Waals surface area contributed by atoms with Gasteiger partial charge in [0, 0.05) is 11.3 Å². The van der Waals surface area contributed by atoms with E-state index in [-0.39, 0.29) is 5.82 Å². The van der Waals surface area contributed by atoms with Crippen LogP contribution in [0.4, 0.5) is 10.1 Å². The molecule has 0 aliphatic rings. The first kappa shape index (κ1) is 13.2. The number of hydrogen-bond donors (Lipinski definition) is 1. The maximum atomic E-state index is 13.3. The number of hydrogen-bond acceptors (Lipinski definition) is 4. The summed E-state index contributed by atoms with van der Waals surface area (Å²) in [6.07, 6.45) is 0. The zero-order chi connectivity index (χ0) is 15.0. The molecule has 0 spiro atoms. The third kappa shape index (κ3) is 2.24. The first-order valence-corrected chi connectivity index (χ1v) is 6.48. The van der Waals surface area contributed by atoms with Crippen molar-refractivity contribution < 1.29 is 4.39 Å². The number of halogens is 1. The van der Waals surface area contributed by atoms with Crippen LogP contribution < -0.4 is 5.73 Å². The fraction of sp³-hybridized carbons (Fsp3) is 0.133. The molecule has 5 nitrogen and oxygen atoms in total. The number of aryl methyl sites for hydroxylation is 2. The maximum Gasteiger partial charge on any atom is 0.189 e. The quantitative estimate of drug-likeness (QED) is 0.734. The molecule has 0 radical (unpaired) electrons. The summed E-state index contributed by atoms with van der Waals surface area (Å²) in [5, 5.41) is 11.8. The van der Waals surface area contributed by atoms with Crippen LogP contribution in [0.1, 0.15) is 11.1 Å². The van der Waals surface area contributed by atoms with Gasteiger partial charge in [-0.25, -0.2) is 4.39 Å². The lowest BCUT2D eigenvalue weighted by atomic mass is 10.1. The minimum atomic E-state index is -0.290. The van der Waals surface area contributed by atoms with Crippen LogP contribution in [-0.4, -0.2) is 20.2 Å². The van der Waals surface area contributed by atoms with Crippen molar-refractivity contribution in [2.45, 2.75) is 13.8 Å². The number of rotatable bonds is 2. The second-order valence-electron chi connectivity index (χ2n) is 4.88. The molecule has 0 unspecified atom stereocenters. The van der Waals surface area contributed by atoms with E-state index in [1.54, 1.807) is 16.8 Å². The normalized spacial score (nSPS) is 10.8. The Morgan fingerprint density at radius 2 is 1.90 bits per heavy atom. The molecule has 1 heterocycles. The summed E-state index contributed by atoms with van der Waals surface area (Å²) in [6, 6.07) is 10.1. The van der Waals surface area contributed by atoms with Gasteiger partial charge in [-0.3, -0.25) is 0 Å². The molecule has 3 rings (SSSR count). The molecule has 0 fully saturated rings. The van der Waals surface area contributed by atoms with Gasteiger partial charge in [-0.2, -0.15) is 4.68 Å². The highest BCUT2D eigenvalue weighted by molar-refractivity contribution is 5.75. The van der Waals surface area contributed by atoms with E-state index >= 15 is 0 Å². The minimum absolute atomic E-state index is 0.290. The van der Waals surface area contributed by atoms with Crippen molar-refractivity contribution in [2.75, 3.05) is 5.73 Å². The van der Waals surface area contributed by atoms with Crippen LogP contribution in [0.25, 0.3) is 17.1 Å². The van der Waals surface area contributed by atoms with E-state index in [1.807, 2.05) is 26.0 Å². The Balaban J connectivity index is 2.22. The van der Waals surface area contributed by atoms with Gasteiger partial charge in [0.25, 0.3) is 0 Å². The molecule has 0 aliphatic heterocycles. The van der Waals surface area contributed by atoms with E-state index in [0.717, 1.165) is 22.4 Å². The molecule has 106 valence electrons. The van der Waals surface area contributed by atoms with Crippen LogP contribution in [0, 0.1) is 19.7 Å². The number of nitrogen functional groups attached to an aromatic ring is 1. The zero-order valence-corrected chi connectivity index (χ0v) is 11.7. The van der Waals surface area contributed by atoms with Gasteiger partial charge in [0.15, 0.2) is 5.82 Å². The Hall–Kier alpha value is -2.76. The molecule has 0 saturated carbocycles. The molecule has 2 aromatic carbocycles. The van der Waals surface area contributed by atoms with Crippen molar-refractivity contribution in [1.82, 2.24) is 20.2 Å². The van der Waals surface area contributed by atoms with Crippen LogP contribution in [0.2, 0.25) is 0 Å². The van der Waals surface area contributed by atoms with Crippen LogP contribution in [0.3, 0.4) is 0 Å². The first-order valence-electron chi connectivity index (χ1n) is 6.48. The molecule has 2 N–H and O–H groups in total. The topological polar surface area (TPSA) is 69.6 Å². The average molecular weight is 283 g/mol. The molecule has 0 atom stereocenters. The summed E-state index contributed by atoms with van der Waals surface area (Å²) in [6.45, 7) is 3.76. The molecule has 21 heavy (non-hydrogen) atoms. The van der Waals surface area contributed by atoms with Gasteiger partial charge in [0.1, 0.15) is 5.82 Å².